The summed E-state index contributed by atoms with van der Waals surface area (Å²) in [5.74, 6) is -3.80. The smallest absolute Gasteiger partial charge is 0.403 e. The van der Waals surface area contributed by atoms with Gasteiger partial charge >= 0.3 is 12.5 Å². The van der Waals surface area contributed by atoms with Gasteiger partial charge in [-0.1, -0.05) is 0 Å². The van der Waals surface area contributed by atoms with E-state index < -0.39 is 41.0 Å². The van der Waals surface area contributed by atoms with Gasteiger partial charge < -0.3 is 9.72 Å². The van der Waals surface area contributed by atoms with Gasteiger partial charge in [0.2, 0.25) is 5.82 Å². The van der Waals surface area contributed by atoms with E-state index in [1.165, 1.54) is 0 Å². The van der Waals surface area contributed by atoms with E-state index in [1.807, 2.05) is 0 Å². The Morgan fingerprint density at radius 2 is 1.68 bits per heavy atom. The standard InChI is InChI=1S/C9H3F7N2O/c10-3-1-2-4(19-9(14,15)16)6-5(3)17-7(18-6)8(11,12)13/h1-2H,(H,17,18). The van der Waals surface area contributed by atoms with Crippen molar-refractivity contribution < 1.29 is 35.5 Å². The molecule has 1 aromatic heterocycles. The van der Waals surface area contributed by atoms with Crippen LogP contribution in [0.1, 0.15) is 5.82 Å². The number of rotatable bonds is 1. The van der Waals surface area contributed by atoms with E-state index in [1.54, 1.807) is 4.98 Å². The van der Waals surface area contributed by atoms with Crippen LogP contribution >= 0.6 is 0 Å². The number of benzene rings is 1. The van der Waals surface area contributed by atoms with E-state index >= 15 is 0 Å². The summed E-state index contributed by atoms with van der Waals surface area (Å²) < 4.78 is 89.9. The van der Waals surface area contributed by atoms with Gasteiger partial charge in [-0.25, -0.2) is 9.37 Å². The molecule has 104 valence electrons. The van der Waals surface area contributed by atoms with Gasteiger partial charge in [-0.05, 0) is 12.1 Å². The Morgan fingerprint density at radius 3 is 2.21 bits per heavy atom. The number of imidazole rings is 1. The third-order valence-corrected chi connectivity index (χ3v) is 2.05. The minimum absolute atomic E-state index is 0.532. The van der Waals surface area contributed by atoms with Crippen molar-refractivity contribution in [1.29, 1.82) is 0 Å². The van der Waals surface area contributed by atoms with Gasteiger partial charge in [-0.3, -0.25) is 0 Å². The first-order chi connectivity index (χ1) is 8.58. The zero-order chi connectivity index (χ0) is 14.4. The van der Waals surface area contributed by atoms with Crippen molar-refractivity contribution >= 4 is 11.0 Å². The zero-order valence-corrected chi connectivity index (χ0v) is 8.66. The SMILES string of the molecule is Fc1ccc(OC(F)(F)F)c2[nH]c(C(F)(F)F)nc12. The first-order valence-electron chi connectivity index (χ1n) is 4.59. The molecule has 0 amide bonds. The maximum atomic E-state index is 13.2. The number of hydrogen-bond donors (Lipinski definition) is 1. The largest absolute Gasteiger partial charge is 0.573 e. The van der Waals surface area contributed by atoms with Gasteiger partial charge in [-0.15, -0.1) is 13.2 Å². The van der Waals surface area contributed by atoms with Gasteiger partial charge in [0.1, 0.15) is 11.0 Å². The maximum absolute atomic E-state index is 13.2. The zero-order valence-electron chi connectivity index (χ0n) is 8.66. The second kappa shape index (κ2) is 4.00. The van der Waals surface area contributed by atoms with E-state index in [4.69, 9.17) is 0 Å². The number of halogens is 7. The summed E-state index contributed by atoms with van der Waals surface area (Å²) in [5.41, 5.74) is -1.70. The molecule has 0 unspecified atom stereocenters. The summed E-state index contributed by atoms with van der Waals surface area (Å²) in [6.45, 7) is 0. The summed E-state index contributed by atoms with van der Waals surface area (Å²) in [6, 6.07) is 1.09. The summed E-state index contributed by atoms with van der Waals surface area (Å²) in [5, 5.41) is 0. The van der Waals surface area contributed by atoms with Crippen LogP contribution in [0.4, 0.5) is 30.7 Å². The number of aromatic amines is 1. The Bertz CT molecular complexity index is 613. The fourth-order valence-corrected chi connectivity index (χ4v) is 1.38. The first kappa shape index (κ1) is 13.4. The van der Waals surface area contributed by atoms with Crippen molar-refractivity contribution in [3.63, 3.8) is 0 Å². The van der Waals surface area contributed by atoms with Crippen LogP contribution in [0.25, 0.3) is 11.0 Å². The number of fused-ring (bicyclic) bond motifs is 1. The lowest BCUT2D eigenvalue weighted by Gasteiger charge is -2.09. The molecule has 0 radical (unpaired) electrons. The number of ether oxygens (including phenoxy) is 1. The number of hydrogen-bond acceptors (Lipinski definition) is 2. The van der Waals surface area contributed by atoms with Crippen LogP contribution in [-0.4, -0.2) is 16.3 Å². The summed E-state index contributed by atoms with van der Waals surface area (Å²) in [7, 11) is 0. The van der Waals surface area contributed by atoms with E-state index in [9.17, 15) is 30.7 Å². The third kappa shape index (κ3) is 2.71. The lowest BCUT2D eigenvalue weighted by atomic mass is 10.3. The highest BCUT2D eigenvalue weighted by Crippen LogP contribution is 2.34. The van der Waals surface area contributed by atoms with Crippen LogP contribution in [0.15, 0.2) is 12.1 Å². The van der Waals surface area contributed by atoms with Crippen LogP contribution < -0.4 is 4.74 Å². The van der Waals surface area contributed by atoms with Crippen LogP contribution in [0, 0.1) is 5.82 Å². The molecule has 0 aliphatic heterocycles. The molecular weight excluding hydrogens is 285 g/mol. The molecule has 10 heteroatoms. The van der Waals surface area contributed by atoms with E-state index in [-0.39, 0.29) is 0 Å². The molecule has 2 aromatic rings. The van der Waals surface area contributed by atoms with Gasteiger partial charge in [0, 0.05) is 0 Å². The second-order valence-electron chi connectivity index (χ2n) is 3.40. The summed E-state index contributed by atoms with van der Waals surface area (Å²) in [6.07, 6.45) is -10.1. The minimum atomic E-state index is -5.12. The predicted molar refractivity (Wildman–Crippen MR) is 47.7 cm³/mol. The number of nitrogens with zero attached hydrogens (tertiary/aromatic N) is 1. The molecule has 1 N–H and O–H groups in total. The molecular formula is C9H3F7N2O. The Hall–Kier alpha value is -2.00. The molecule has 0 atom stereocenters. The number of aromatic nitrogens is 2. The Balaban J connectivity index is 2.61. The Morgan fingerprint density at radius 1 is 1.05 bits per heavy atom. The molecule has 3 nitrogen and oxygen atoms in total. The number of H-pyrrole nitrogens is 1. The molecule has 1 heterocycles. The Labute approximate surface area is 99.5 Å². The topological polar surface area (TPSA) is 37.9 Å². The fourth-order valence-electron chi connectivity index (χ4n) is 1.38. The maximum Gasteiger partial charge on any atom is 0.573 e. The molecule has 2 rings (SSSR count). The molecule has 19 heavy (non-hydrogen) atoms. The predicted octanol–water partition coefficient (Wildman–Crippen LogP) is 3.62. The van der Waals surface area contributed by atoms with Crippen molar-refractivity contribution in [2.45, 2.75) is 12.5 Å². The summed E-state index contributed by atoms with van der Waals surface area (Å²) in [4.78, 5) is 4.44. The van der Waals surface area contributed by atoms with Crippen LogP contribution in [0.2, 0.25) is 0 Å². The highest BCUT2D eigenvalue weighted by Gasteiger charge is 2.37. The molecule has 0 aliphatic rings. The summed E-state index contributed by atoms with van der Waals surface area (Å²) >= 11 is 0. The molecule has 0 saturated heterocycles. The minimum Gasteiger partial charge on any atom is -0.403 e. The van der Waals surface area contributed by atoms with Crippen molar-refractivity contribution in [1.82, 2.24) is 9.97 Å². The monoisotopic (exact) mass is 288 g/mol. The molecule has 0 aliphatic carbocycles. The van der Waals surface area contributed by atoms with Crippen LogP contribution in [-0.2, 0) is 6.18 Å². The van der Waals surface area contributed by atoms with Crippen molar-refractivity contribution in [3.8, 4) is 5.75 Å². The average Bonchev–Trinajstić information content (AvgIpc) is 2.65. The highest BCUT2D eigenvalue weighted by molar-refractivity contribution is 5.82. The molecule has 1 aromatic carbocycles. The highest BCUT2D eigenvalue weighted by atomic mass is 19.4. The quantitative estimate of drug-likeness (QED) is 0.814. The molecule has 0 saturated carbocycles. The van der Waals surface area contributed by atoms with E-state index in [0.29, 0.717) is 12.1 Å². The Kier molecular flexibility index (Phi) is 2.83. The van der Waals surface area contributed by atoms with Crippen molar-refractivity contribution in [3.05, 3.63) is 23.8 Å². The third-order valence-electron chi connectivity index (χ3n) is 2.05. The van der Waals surface area contributed by atoms with E-state index in [2.05, 4.69) is 9.72 Å². The lowest BCUT2D eigenvalue weighted by molar-refractivity contribution is -0.274. The first-order valence-corrected chi connectivity index (χ1v) is 4.59. The van der Waals surface area contributed by atoms with Gasteiger partial charge in [0.15, 0.2) is 11.6 Å². The second-order valence-corrected chi connectivity index (χ2v) is 3.40. The molecule has 0 fully saturated rings. The molecule has 0 spiro atoms. The number of alkyl halides is 6. The van der Waals surface area contributed by atoms with Gasteiger partial charge in [0.25, 0.3) is 0 Å². The van der Waals surface area contributed by atoms with Crippen LogP contribution in [0.5, 0.6) is 5.75 Å². The van der Waals surface area contributed by atoms with Crippen molar-refractivity contribution in [2.24, 2.45) is 0 Å². The lowest BCUT2D eigenvalue weighted by Crippen LogP contribution is -2.17. The average molecular weight is 288 g/mol. The number of nitrogens with one attached hydrogen (secondary N) is 1. The van der Waals surface area contributed by atoms with Crippen LogP contribution in [0.3, 0.4) is 0 Å². The van der Waals surface area contributed by atoms with Gasteiger partial charge in [0.05, 0.1) is 0 Å². The van der Waals surface area contributed by atoms with Crippen molar-refractivity contribution in [2.75, 3.05) is 0 Å². The normalized spacial score (nSPS) is 13.0. The van der Waals surface area contributed by atoms with E-state index in [0.717, 1.165) is 0 Å². The fraction of sp³-hybridized carbons (Fsp3) is 0.222. The molecule has 0 bridgehead atoms. The van der Waals surface area contributed by atoms with Gasteiger partial charge in [-0.2, -0.15) is 13.2 Å².